The highest BCUT2D eigenvalue weighted by Gasteiger charge is 2.32. The lowest BCUT2D eigenvalue weighted by molar-refractivity contribution is -0.137. The Morgan fingerprint density at radius 3 is 2.65 bits per heavy atom. The fourth-order valence-corrected chi connectivity index (χ4v) is 2.47. The van der Waals surface area contributed by atoms with E-state index in [1.807, 2.05) is 0 Å². The zero-order valence-corrected chi connectivity index (χ0v) is 11.3. The summed E-state index contributed by atoms with van der Waals surface area (Å²) in [6, 6.07) is 5.11. The number of nitrogens with zero attached hydrogens (tertiary/aromatic N) is 2. The summed E-state index contributed by atoms with van der Waals surface area (Å²) in [5.74, 6) is -1.27. The molecule has 0 saturated carbocycles. The molecular weight excluding hydrogens is 263 g/mol. The maximum absolute atomic E-state index is 12.9. The van der Waals surface area contributed by atoms with Gasteiger partial charge < -0.3 is 10.0 Å². The van der Waals surface area contributed by atoms with Gasteiger partial charge in [-0.2, -0.15) is 0 Å². The summed E-state index contributed by atoms with van der Waals surface area (Å²) in [6.07, 6.45) is 1.47. The van der Waals surface area contributed by atoms with E-state index in [9.17, 15) is 14.0 Å². The number of carboxylic acid groups (broad SMARTS) is 1. The van der Waals surface area contributed by atoms with E-state index in [-0.39, 0.29) is 24.3 Å². The van der Waals surface area contributed by atoms with Crippen molar-refractivity contribution in [3.8, 4) is 0 Å². The van der Waals surface area contributed by atoms with Gasteiger partial charge in [-0.05, 0) is 37.1 Å². The second-order valence-electron chi connectivity index (χ2n) is 4.91. The van der Waals surface area contributed by atoms with Crippen LogP contribution < -0.4 is 4.90 Å². The Labute approximate surface area is 116 Å². The van der Waals surface area contributed by atoms with Crippen LogP contribution in [0.1, 0.15) is 19.3 Å². The van der Waals surface area contributed by atoms with Gasteiger partial charge in [-0.3, -0.25) is 9.69 Å². The molecular formula is C14H17FN2O3. The number of halogens is 1. The molecule has 1 N–H and O–H groups in total. The van der Waals surface area contributed by atoms with E-state index in [4.69, 9.17) is 5.11 Å². The number of carboxylic acids is 1. The third-order valence-corrected chi connectivity index (χ3v) is 3.53. The lowest BCUT2D eigenvalue weighted by atomic mass is 10.1. The summed E-state index contributed by atoms with van der Waals surface area (Å²) < 4.78 is 12.9. The van der Waals surface area contributed by atoms with Crippen molar-refractivity contribution in [3.05, 3.63) is 30.1 Å². The summed E-state index contributed by atoms with van der Waals surface area (Å²) in [5, 5.41) is 8.87. The molecule has 1 aromatic carbocycles. The number of amides is 2. The average Bonchev–Trinajstić information content (AvgIpc) is 2.85. The number of rotatable bonds is 3. The van der Waals surface area contributed by atoms with Gasteiger partial charge in [0.2, 0.25) is 0 Å². The highest BCUT2D eigenvalue weighted by Crippen LogP contribution is 2.23. The molecule has 0 bridgehead atoms. The van der Waals surface area contributed by atoms with Gasteiger partial charge in [0.05, 0.1) is 6.42 Å². The molecule has 0 aromatic heterocycles. The summed E-state index contributed by atoms with van der Waals surface area (Å²) in [4.78, 5) is 26.2. The number of urea groups is 1. The maximum atomic E-state index is 12.9. The molecule has 1 heterocycles. The third kappa shape index (κ3) is 3.07. The predicted octanol–water partition coefficient (Wildman–Crippen LogP) is 2.32. The van der Waals surface area contributed by atoms with Gasteiger partial charge in [0, 0.05) is 25.3 Å². The Balaban J connectivity index is 2.09. The van der Waals surface area contributed by atoms with Crippen molar-refractivity contribution < 1.29 is 19.1 Å². The largest absolute Gasteiger partial charge is 0.481 e. The molecule has 1 fully saturated rings. The monoisotopic (exact) mass is 280 g/mol. The number of anilines is 1. The minimum Gasteiger partial charge on any atom is -0.481 e. The van der Waals surface area contributed by atoms with Crippen LogP contribution in [-0.4, -0.2) is 41.6 Å². The molecule has 1 aromatic rings. The first-order valence-electron chi connectivity index (χ1n) is 6.50. The number of benzene rings is 1. The predicted molar refractivity (Wildman–Crippen MR) is 72.2 cm³/mol. The number of carbonyl (C=O) groups is 2. The Hall–Kier alpha value is -2.11. The summed E-state index contributed by atoms with van der Waals surface area (Å²) in [5.41, 5.74) is 0.581. The topological polar surface area (TPSA) is 60.9 Å². The van der Waals surface area contributed by atoms with E-state index >= 15 is 0 Å². The fourth-order valence-electron chi connectivity index (χ4n) is 2.47. The number of hydrogen-bond donors (Lipinski definition) is 1. The summed E-state index contributed by atoms with van der Waals surface area (Å²) in [6.45, 7) is 0.558. The molecule has 1 aliphatic heterocycles. The molecule has 1 atom stereocenters. The first-order valence-corrected chi connectivity index (χ1v) is 6.50. The van der Waals surface area contributed by atoms with Gasteiger partial charge in [-0.15, -0.1) is 0 Å². The minimum absolute atomic E-state index is 0.0387. The van der Waals surface area contributed by atoms with Gasteiger partial charge in [-0.1, -0.05) is 0 Å². The first kappa shape index (κ1) is 14.3. The quantitative estimate of drug-likeness (QED) is 0.924. The molecule has 0 spiro atoms. The molecule has 108 valence electrons. The molecule has 1 saturated heterocycles. The second kappa shape index (κ2) is 5.90. The van der Waals surface area contributed by atoms with E-state index in [0.29, 0.717) is 18.7 Å². The van der Waals surface area contributed by atoms with Crippen LogP contribution in [0.15, 0.2) is 24.3 Å². The first-order chi connectivity index (χ1) is 9.49. The molecule has 0 radical (unpaired) electrons. The van der Waals surface area contributed by atoms with Crippen LogP contribution in [0.2, 0.25) is 0 Å². The van der Waals surface area contributed by atoms with Gasteiger partial charge in [0.15, 0.2) is 0 Å². The Morgan fingerprint density at radius 2 is 2.05 bits per heavy atom. The Bertz CT molecular complexity index is 504. The van der Waals surface area contributed by atoms with Crippen molar-refractivity contribution in [1.82, 2.24) is 4.90 Å². The molecule has 5 nitrogen and oxygen atoms in total. The Kier molecular flexibility index (Phi) is 4.22. The van der Waals surface area contributed by atoms with Gasteiger partial charge in [0.1, 0.15) is 5.82 Å². The van der Waals surface area contributed by atoms with Crippen LogP contribution in [0.3, 0.4) is 0 Å². The highest BCUT2D eigenvalue weighted by atomic mass is 19.1. The van der Waals surface area contributed by atoms with Crippen molar-refractivity contribution in [2.24, 2.45) is 0 Å². The molecule has 0 aliphatic carbocycles. The van der Waals surface area contributed by atoms with Crippen molar-refractivity contribution in [2.45, 2.75) is 25.3 Å². The van der Waals surface area contributed by atoms with Crippen molar-refractivity contribution in [3.63, 3.8) is 0 Å². The maximum Gasteiger partial charge on any atom is 0.324 e. The SMILES string of the molecule is CN(C(=O)N1CCCC1CC(=O)O)c1ccc(F)cc1. The van der Waals surface area contributed by atoms with Crippen LogP contribution in [0.5, 0.6) is 0 Å². The Morgan fingerprint density at radius 1 is 1.40 bits per heavy atom. The highest BCUT2D eigenvalue weighted by molar-refractivity contribution is 5.92. The molecule has 1 unspecified atom stereocenters. The lowest BCUT2D eigenvalue weighted by Crippen LogP contribution is -2.44. The zero-order chi connectivity index (χ0) is 14.7. The van der Waals surface area contributed by atoms with E-state index in [2.05, 4.69) is 0 Å². The van der Waals surface area contributed by atoms with E-state index < -0.39 is 5.97 Å². The summed E-state index contributed by atoms with van der Waals surface area (Å²) in [7, 11) is 1.60. The van der Waals surface area contributed by atoms with Crippen molar-refractivity contribution >= 4 is 17.7 Å². The lowest BCUT2D eigenvalue weighted by Gasteiger charge is -2.29. The average molecular weight is 280 g/mol. The van der Waals surface area contributed by atoms with E-state index in [0.717, 1.165) is 6.42 Å². The van der Waals surface area contributed by atoms with E-state index in [1.54, 1.807) is 11.9 Å². The van der Waals surface area contributed by atoms with Gasteiger partial charge >= 0.3 is 12.0 Å². The van der Waals surface area contributed by atoms with Crippen LogP contribution in [0.25, 0.3) is 0 Å². The van der Waals surface area contributed by atoms with Crippen LogP contribution in [0.4, 0.5) is 14.9 Å². The number of carbonyl (C=O) groups excluding carboxylic acids is 1. The molecule has 2 amide bonds. The van der Waals surface area contributed by atoms with E-state index in [1.165, 1.54) is 29.2 Å². The second-order valence-corrected chi connectivity index (χ2v) is 4.91. The normalized spacial score (nSPS) is 18.1. The van der Waals surface area contributed by atoms with Crippen molar-refractivity contribution in [1.29, 1.82) is 0 Å². The minimum atomic E-state index is -0.904. The third-order valence-electron chi connectivity index (χ3n) is 3.53. The fraction of sp³-hybridized carbons (Fsp3) is 0.429. The zero-order valence-electron chi connectivity index (χ0n) is 11.3. The number of hydrogen-bond acceptors (Lipinski definition) is 2. The van der Waals surface area contributed by atoms with Gasteiger partial charge in [0.25, 0.3) is 0 Å². The van der Waals surface area contributed by atoms with Crippen molar-refractivity contribution in [2.75, 3.05) is 18.5 Å². The molecule has 6 heteroatoms. The molecule has 2 rings (SSSR count). The van der Waals surface area contributed by atoms with Crippen LogP contribution in [0, 0.1) is 5.82 Å². The smallest absolute Gasteiger partial charge is 0.324 e. The van der Waals surface area contributed by atoms with Gasteiger partial charge in [-0.25, -0.2) is 9.18 Å². The van der Waals surface area contributed by atoms with Crippen LogP contribution >= 0.6 is 0 Å². The number of aliphatic carboxylic acids is 1. The summed E-state index contributed by atoms with van der Waals surface area (Å²) >= 11 is 0. The number of likely N-dealkylation sites (tertiary alicyclic amines) is 1. The van der Waals surface area contributed by atoms with Crippen LogP contribution in [-0.2, 0) is 4.79 Å². The molecule has 20 heavy (non-hydrogen) atoms. The standard InChI is InChI=1S/C14H17FN2O3/c1-16(11-6-4-10(15)5-7-11)14(20)17-8-2-3-12(17)9-13(18)19/h4-7,12H,2-3,8-9H2,1H3,(H,18,19). The molecule has 1 aliphatic rings.